The van der Waals surface area contributed by atoms with E-state index in [0.717, 1.165) is 56.0 Å². The summed E-state index contributed by atoms with van der Waals surface area (Å²) < 4.78 is 109. The molecule has 3 aromatic heterocycles. The molecule has 72 heavy (non-hydrogen) atoms. The first kappa shape index (κ1) is 36.7. The quantitative estimate of drug-likeness (QED) is 0.121. The lowest BCUT2D eigenvalue weighted by molar-refractivity contribution is -0.660. The van der Waals surface area contributed by atoms with Crippen LogP contribution in [0, 0.1) is 26.7 Å². The van der Waals surface area contributed by atoms with E-state index in [0.29, 0.717) is 11.1 Å². The van der Waals surface area contributed by atoms with Crippen LogP contribution < -0.4 is 13.7 Å². The molecule has 0 amide bonds. The summed E-state index contributed by atoms with van der Waals surface area (Å²) in [5, 5.41) is 0. The summed E-state index contributed by atoms with van der Waals surface area (Å²) in [5.74, 6) is -4.69. The Morgan fingerprint density at radius 1 is 0.500 bits per heavy atom. The molecule has 10 rings (SSSR count). The normalized spacial score (nSPS) is 20.1. The molecule has 3 heterocycles. The summed E-state index contributed by atoms with van der Waals surface area (Å²) in [4.78, 5) is 0. The van der Waals surface area contributed by atoms with Gasteiger partial charge in [0.1, 0.15) is 21.1 Å². The molecule has 0 saturated heterocycles. The fourth-order valence-corrected chi connectivity index (χ4v) is 9.29. The van der Waals surface area contributed by atoms with Gasteiger partial charge >= 0.3 is 0 Å². The molecule has 0 N–H and O–H groups in total. The largest absolute Gasteiger partial charge is 0.212 e. The predicted octanol–water partition coefficient (Wildman–Crippen LogP) is 16.4. The number of aromatic nitrogens is 3. The summed E-state index contributed by atoms with van der Waals surface area (Å²) in [6.07, 6.45) is 2.45. The van der Waals surface area contributed by atoms with Gasteiger partial charge in [-0.05, 0) is 144 Å². The van der Waals surface area contributed by atoms with Gasteiger partial charge in [-0.3, -0.25) is 0 Å². The number of aryl methyl sites for hydroxylation is 6. The number of pyridine rings is 3. The molecule has 1 saturated carbocycles. The molecule has 9 aromatic rings. The van der Waals surface area contributed by atoms with Crippen LogP contribution in [0.25, 0.3) is 67.2 Å². The standard InChI is InChI=1S/C24H26N.C23H26N.C22H24N/c1-18-7-3-6-10-23(18)24-16-15-22(17-25(24)2)21-13-11-20(12-14-21)19-8-4-5-9-19;1-17(2)15-19-9-11-20(12-10-19)21-13-14-23(24(4)16-21)22-8-6-5-7-18(22)3;1-16(2)18-9-11-19(12-10-18)20-13-14-22(23(4)15-20)21-8-6-5-7-17(21)3/h3,6-7,10-17,19H,4-5,8-9H2,1-2H3;5-14,16-17H,15H2,1-4H3;5-16H,1-4H3/q3*+1/i4D2,8D2,19D;1D3,17D;1D3,16D. The SMILES string of the molecule is [2H]C([2H])([2H])C([2H])(C)Cc1ccc(-c2ccc(-c3ccccc3C)[n+](C)c2)cc1.[2H]C([2H])([2H])C([2H])(C)c1ccc(-c2ccc(-c3ccccc3C)[n+](C)c2)cc1.[2H]C1([2H])CCC([2H])(c2ccc(-c3ccc(-c4ccccc4C)[n+](C)c3)cc2)C1([2H])[2H]. The van der Waals surface area contributed by atoms with Crippen LogP contribution in [0.5, 0.6) is 0 Å². The Morgan fingerprint density at radius 2 is 0.889 bits per heavy atom. The minimum atomic E-state index is -2.36. The second kappa shape index (κ2) is 23.8. The topological polar surface area (TPSA) is 11.6 Å². The number of nitrogens with zero attached hydrogens (tertiary/aromatic N) is 3. The predicted molar refractivity (Wildman–Crippen MR) is 304 cm³/mol. The van der Waals surface area contributed by atoms with E-state index in [9.17, 15) is 0 Å². The Morgan fingerprint density at radius 3 is 1.25 bits per heavy atom. The van der Waals surface area contributed by atoms with Gasteiger partial charge in [0.05, 0.1) is 0 Å². The molecule has 0 bridgehead atoms. The van der Waals surface area contributed by atoms with Crippen molar-refractivity contribution in [3.05, 3.63) is 234 Å². The molecule has 1 fully saturated rings. The molecule has 3 atom stereocenters. The maximum absolute atomic E-state index is 8.71. The molecule has 6 aromatic carbocycles. The lowest BCUT2D eigenvalue weighted by atomic mass is 9.95. The second-order valence-electron chi connectivity index (χ2n) is 18.9. The van der Waals surface area contributed by atoms with Gasteiger partial charge in [0.15, 0.2) is 18.6 Å². The zero-order valence-corrected chi connectivity index (χ0v) is 43.0. The van der Waals surface area contributed by atoms with E-state index in [1.807, 2.05) is 106 Å². The van der Waals surface area contributed by atoms with E-state index in [1.165, 1.54) is 47.2 Å². The highest BCUT2D eigenvalue weighted by atomic mass is 14.9. The monoisotopic (exact) mass is 960 g/mol. The Balaban J connectivity index is 0.000000166. The van der Waals surface area contributed by atoms with E-state index in [-0.39, 0.29) is 19.3 Å². The van der Waals surface area contributed by atoms with Gasteiger partial charge in [0.25, 0.3) is 0 Å². The van der Waals surface area contributed by atoms with E-state index < -0.39 is 44.1 Å². The van der Waals surface area contributed by atoms with Crippen molar-refractivity contribution in [1.82, 2.24) is 0 Å². The third kappa shape index (κ3) is 12.6. The zero-order chi connectivity index (χ0) is 62.1. The summed E-state index contributed by atoms with van der Waals surface area (Å²) in [7, 11) is 6.09. The lowest BCUT2D eigenvalue weighted by Crippen LogP contribution is -2.30. The Labute approximate surface area is 450 Å². The van der Waals surface area contributed by atoms with Gasteiger partial charge in [-0.1, -0.05) is 168 Å². The fraction of sp³-hybridized carbons (Fsp3) is 0.261. The molecular weight excluding hydrogens is 871 g/mol. The minimum absolute atomic E-state index is 0.0570. The molecule has 0 aliphatic heterocycles. The molecule has 364 valence electrons. The maximum Gasteiger partial charge on any atom is 0.212 e. The molecule has 1 aliphatic rings. The smallest absolute Gasteiger partial charge is 0.200 e. The number of rotatable bonds is 10. The Hall–Kier alpha value is -7.23. The van der Waals surface area contributed by atoms with Crippen LogP contribution in [0.3, 0.4) is 0 Å². The minimum Gasteiger partial charge on any atom is -0.200 e. The van der Waals surface area contributed by atoms with Crippen LogP contribution in [0.4, 0.5) is 0 Å². The van der Waals surface area contributed by atoms with Gasteiger partial charge in [-0.15, -0.1) is 0 Å². The number of benzene rings is 6. The second-order valence-corrected chi connectivity index (χ2v) is 18.9. The van der Waals surface area contributed by atoms with E-state index >= 15 is 0 Å². The fourth-order valence-electron chi connectivity index (χ4n) is 9.29. The summed E-state index contributed by atoms with van der Waals surface area (Å²) in [5.41, 5.74) is 18.8. The highest BCUT2D eigenvalue weighted by molar-refractivity contribution is 5.69. The van der Waals surface area contributed by atoms with Gasteiger partial charge in [-0.25, -0.2) is 13.7 Å². The number of hydrogen-bond donors (Lipinski definition) is 0. The van der Waals surface area contributed by atoms with Crippen molar-refractivity contribution in [2.24, 2.45) is 27.0 Å². The first-order chi connectivity index (χ1) is 39.8. The van der Waals surface area contributed by atoms with E-state index in [2.05, 4.69) is 126 Å². The van der Waals surface area contributed by atoms with Crippen molar-refractivity contribution in [3.63, 3.8) is 0 Å². The highest BCUT2D eigenvalue weighted by Crippen LogP contribution is 2.35. The molecular formula is C69H76N3+3. The van der Waals surface area contributed by atoms with Crippen molar-refractivity contribution in [1.29, 1.82) is 0 Å². The lowest BCUT2D eigenvalue weighted by Gasteiger charge is -2.10. The summed E-state index contributed by atoms with van der Waals surface area (Å²) in [6, 6.07) is 59.9. The Bertz CT molecular complexity index is 3810. The Kier molecular flexibility index (Phi) is 12.1. The third-order valence-electron chi connectivity index (χ3n) is 13.4. The van der Waals surface area contributed by atoms with Crippen LogP contribution in [0.1, 0.15) is 116 Å². The summed E-state index contributed by atoms with van der Waals surface area (Å²) >= 11 is 0. The van der Waals surface area contributed by atoms with Gasteiger partial charge in [0, 0.05) is 69.4 Å². The van der Waals surface area contributed by atoms with Crippen LogP contribution in [-0.4, -0.2) is 0 Å². The first-order valence-electron chi connectivity index (χ1n) is 31.2. The van der Waals surface area contributed by atoms with Crippen LogP contribution in [0.15, 0.2) is 201 Å². The maximum atomic E-state index is 8.71. The van der Waals surface area contributed by atoms with E-state index in [4.69, 9.17) is 17.8 Å². The van der Waals surface area contributed by atoms with Crippen molar-refractivity contribution < 1.29 is 31.5 Å². The molecule has 0 radical (unpaired) electrons. The molecule has 3 unspecified atom stereocenters. The third-order valence-corrected chi connectivity index (χ3v) is 13.4. The van der Waals surface area contributed by atoms with Crippen LogP contribution >= 0.6 is 0 Å². The van der Waals surface area contributed by atoms with Crippen LogP contribution in [-0.2, 0) is 27.6 Å². The molecule has 1 aliphatic carbocycles. The van der Waals surface area contributed by atoms with Crippen molar-refractivity contribution in [2.45, 2.75) is 92.1 Å². The number of hydrogen-bond acceptors (Lipinski definition) is 0. The van der Waals surface area contributed by atoms with Gasteiger partial charge in [0.2, 0.25) is 17.1 Å². The molecule has 3 nitrogen and oxygen atoms in total. The molecule has 0 spiro atoms. The average Bonchev–Trinajstić information content (AvgIpc) is 1.77. The van der Waals surface area contributed by atoms with Crippen molar-refractivity contribution in [2.75, 3.05) is 0 Å². The van der Waals surface area contributed by atoms with Crippen molar-refractivity contribution in [3.8, 4) is 67.2 Å². The first-order valence-corrected chi connectivity index (χ1v) is 24.7. The summed E-state index contributed by atoms with van der Waals surface area (Å²) in [6.45, 7) is 4.56. The molecule has 3 heteroatoms. The highest BCUT2D eigenvalue weighted by Gasteiger charge is 2.19. The van der Waals surface area contributed by atoms with Crippen LogP contribution in [0.2, 0.25) is 0 Å². The van der Waals surface area contributed by atoms with Gasteiger partial charge < -0.3 is 0 Å². The van der Waals surface area contributed by atoms with E-state index in [1.54, 1.807) is 24.3 Å². The zero-order valence-electron chi connectivity index (χ0n) is 56.0. The average molecular weight is 960 g/mol. The van der Waals surface area contributed by atoms with Gasteiger partial charge in [-0.2, -0.15) is 0 Å². The van der Waals surface area contributed by atoms with Crippen molar-refractivity contribution >= 4 is 0 Å².